The van der Waals surface area contributed by atoms with Crippen LogP contribution in [-0.4, -0.2) is 5.78 Å². The summed E-state index contributed by atoms with van der Waals surface area (Å²) in [6.45, 7) is 0. The molecule has 3 fully saturated rings. The van der Waals surface area contributed by atoms with Crippen molar-refractivity contribution in [2.24, 2.45) is 17.3 Å². The minimum absolute atomic E-state index is 0.161. The number of benzene rings is 2. The molecule has 0 saturated heterocycles. The predicted octanol–water partition coefficient (Wildman–Crippen LogP) is 5.14. The van der Waals surface area contributed by atoms with Crippen LogP contribution in [0.25, 0.3) is 0 Å². The van der Waals surface area contributed by atoms with Crippen LogP contribution in [0.1, 0.15) is 49.7 Å². The molecule has 0 N–H and O–H groups in total. The third kappa shape index (κ3) is 1.58. The lowest BCUT2D eigenvalue weighted by atomic mass is 9.38. The Bertz CT molecular complexity index is 724. The highest BCUT2D eigenvalue weighted by Crippen LogP contribution is 2.73. The van der Waals surface area contributed by atoms with Crippen molar-refractivity contribution >= 4 is 5.78 Å². The van der Waals surface area contributed by atoms with Crippen LogP contribution in [0.2, 0.25) is 0 Å². The maximum atomic E-state index is 13.6. The van der Waals surface area contributed by atoms with Crippen LogP contribution in [-0.2, 0) is 10.2 Å². The SMILES string of the molecule is O=C1C2CC3CCCCC2(C3)C1(c1ccccc1)c1ccccc1. The second-order valence-corrected chi connectivity index (χ2v) is 8.11. The lowest BCUT2D eigenvalue weighted by Crippen LogP contribution is -2.67. The van der Waals surface area contributed by atoms with Gasteiger partial charge in [0.05, 0.1) is 5.41 Å². The summed E-state index contributed by atoms with van der Waals surface area (Å²) in [6, 6.07) is 21.3. The largest absolute Gasteiger partial charge is 0.298 e. The van der Waals surface area contributed by atoms with E-state index in [1.165, 1.54) is 43.2 Å². The average molecular weight is 316 g/mol. The van der Waals surface area contributed by atoms with Gasteiger partial charge in [0, 0.05) is 11.3 Å². The molecule has 1 heteroatoms. The molecule has 122 valence electrons. The van der Waals surface area contributed by atoms with E-state index in [1.807, 2.05) is 0 Å². The number of rotatable bonds is 2. The van der Waals surface area contributed by atoms with Gasteiger partial charge >= 0.3 is 0 Å². The predicted molar refractivity (Wildman–Crippen MR) is 95.8 cm³/mol. The van der Waals surface area contributed by atoms with Crippen molar-refractivity contribution in [1.29, 1.82) is 0 Å². The first-order chi connectivity index (χ1) is 11.8. The van der Waals surface area contributed by atoms with Gasteiger partial charge in [0.25, 0.3) is 0 Å². The Morgan fingerprint density at radius 1 is 0.833 bits per heavy atom. The van der Waals surface area contributed by atoms with Crippen molar-refractivity contribution in [2.45, 2.75) is 43.9 Å². The Kier molecular flexibility index (Phi) is 3.04. The highest BCUT2D eigenvalue weighted by atomic mass is 16.1. The minimum Gasteiger partial charge on any atom is -0.298 e. The molecule has 2 bridgehead atoms. The van der Waals surface area contributed by atoms with E-state index in [1.54, 1.807) is 0 Å². The summed E-state index contributed by atoms with van der Waals surface area (Å²) in [5.74, 6) is 1.54. The van der Waals surface area contributed by atoms with E-state index < -0.39 is 5.41 Å². The molecule has 0 aromatic heterocycles. The summed E-state index contributed by atoms with van der Waals surface area (Å²) in [5.41, 5.74) is 2.20. The molecule has 3 unspecified atom stereocenters. The number of hydrogen-bond donors (Lipinski definition) is 0. The third-order valence-corrected chi connectivity index (χ3v) is 7.22. The van der Waals surface area contributed by atoms with Crippen molar-refractivity contribution in [3.63, 3.8) is 0 Å². The van der Waals surface area contributed by atoms with Gasteiger partial charge in [-0.1, -0.05) is 79.9 Å². The van der Waals surface area contributed by atoms with E-state index in [0.717, 1.165) is 12.3 Å². The van der Waals surface area contributed by atoms with E-state index in [9.17, 15) is 4.79 Å². The molecule has 2 aromatic carbocycles. The second-order valence-electron chi connectivity index (χ2n) is 8.11. The van der Waals surface area contributed by atoms with Crippen molar-refractivity contribution in [1.82, 2.24) is 0 Å². The Balaban J connectivity index is 1.77. The number of hydrogen-bond acceptors (Lipinski definition) is 1. The fourth-order valence-electron chi connectivity index (χ4n) is 6.46. The first kappa shape index (κ1) is 14.5. The summed E-state index contributed by atoms with van der Waals surface area (Å²) < 4.78 is 0. The van der Waals surface area contributed by atoms with Crippen LogP contribution in [0.4, 0.5) is 0 Å². The summed E-state index contributed by atoms with van der Waals surface area (Å²) in [6.07, 6.45) is 7.54. The van der Waals surface area contributed by atoms with Crippen LogP contribution < -0.4 is 0 Å². The van der Waals surface area contributed by atoms with Crippen molar-refractivity contribution in [3.05, 3.63) is 71.8 Å². The van der Waals surface area contributed by atoms with Gasteiger partial charge in [0.15, 0.2) is 5.78 Å². The molecule has 2 aromatic rings. The second kappa shape index (κ2) is 5.05. The van der Waals surface area contributed by atoms with E-state index >= 15 is 0 Å². The number of fused-ring (bicyclic) bond motifs is 1. The maximum Gasteiger partial charge on any atom is 0.152 e. The fraction of sp³-hybridized carbons (Fsp3) is 0.435. The summed E-state index contributed by atoms with van der Waals surface area (Å²) in [5, 5.41) is 0. The standard InChI is InChI=1S/C23H24O/c24-21-20-15-17-9-7-8-14-22(20,16-17)23(21,18-10-3-1-4-11-18)19-12-5-2-6-13-19/h1-6,10-13,17,20H,7-9,14-16H2. The average Bonchev–Trinajstić information content (AvgIpc) is 2.79. The van der Waals surface area contributed by atoms with Crippen molar-refractivity contribution in [3.8, 4) is 0 Å². The summed E-state index contributed by atoms with van der Waals surface area (Å²) in [7, 11) is 0. The topological polar surface area (TPSA) is 17.1 Å². The monoisotopic (exact) mass is 316 g/mol. The highest BCUT2D eigenvalue weighted by molar-refractivity contribution is 6.04. The van der Waals surface area contributed by atoms with E-state index in [2.05, 4.69) is 60.7 Å². The molecule has 3 aliphatic rings. The van der Waals surface area contributed by atoms with Gasteiger partial charge in [0.1, 0.15) is 0 Å². The molecular formula is C23H24O. The molecule has 3 saturated carbocycles. The molecular weight excluding hydrogens is 292 g/mol. The fourth-order valence-corrected chi connectivity index (χ4v) is 6.46. The maximum absolute atomic E-state index is 13.6. The Morgan fingerprint density at radius 2 is 1.46 bits per heavy atom. The van der Waals surface area contributed by atoms with Gasteiger partial charge in [0.2, 0.25) is 0 Å². The normalized spacial score (nSPS) is 33.4. The van der Waals surface area contributed by atoms with E-state index in [4.69, 9.17) is 0 Å². The molecule has 3 aliphatic carbocycles. The van der Waals surface area contributed by atoms with Gasteiger partial charge in [-0.25, -0.2) is 0 Å². The first-order valence-corrected chi connectivity index (χ1v) is 9.44. The van der Waals surface area contributed by atoms with Gasteiger partial charge < -0.3 is 0 Å². The molecule has 3 atom stereocenters. The van der Waals surface area contributed by atoms with Crippen LogP contribution in [0.3, 0.4) is 0 Å². The zero-order valence-electron chi connectivity index (χ0n) is 14.1. The lowest BCUT2D eigenvalue weighted by Gasteiger charge is -2.61. The molecule has 0 radical (unpaired) electrons. The smallest absolute Gasteiger partial charge is 0.152 e. The Morgan fingerprint density at radius 3 is 2.08 bits per heavy atom. The van der Waals surface area contributed by atoms with E-state index in [-0.39, 0.29) is 5.41 Å². The van der Waals surface area contributed by atoms with Gasteiger partial charge in [-0.15, -0.1) is 0 Å². The van der Waals surface area contributed by atoms with Crippen molar-refractivity contribution in [2.75, 3.05) is 0 Å². The lowest BCUT2D eigenvalue weighted by molar-refractivity contribution is -0.155. The van der Waals surface area contributed by atoms with Crippen LogP contribution in [0, 0.1) is 17.3 Å². The summed E-state index contributed by atoms with van der Waals surface area (Å²) >= 11 is 0. The van der Waals surface area contributed by atoms with Crippen molar-refractivity contribution < 1.29 is 4.79 Å². The number of Topliss-reactive ketones (excluding diaryl/α,β-unsaturated/α-hetero) is 1. The number of carbonyl (C=O) groups is 1. The van der Waals surface area contributed by atoms with Gasteiger partial charge in [-0.2, -0.15) is 0 Å². The summed E-state index contributed by atoms with van der Waals surface area (Å²) in [4.78, 5) is 13.6. The molecule has 5 rings (SSSR count). The zero-order chi connectivity index (χ0) is 16.2. The van der Waals surface area contributed by atoms with Crippen LogP contribution in [0.5, 0.6) is 0 Å². The van der Waals surface area contributed by atoms with Crippen LogP contribution >= 0.6 is 0 Å². The molecule has 1 nitrogen and oxygen atoms in total. The van der Waals surface area contributed by atoms with E-state index in [0.29, 0.717) is 11.7 Å². The first-order valence-electron chi connectivity index (χ1n) is 9.44. The Hall–Kier alpha value is -1.89. The molecule has 24 heavy (non-hydrogen) atoms. The van der Waals surface area contributed by atoms with Gasteiger partial charge in [-0.3, -0.25) is 4.79 Å². The molecule has 0 aliphatic heterocycles. The highest BCUT2D eigenvalue weighted by Gasteiger charge is 2.75. The quantitative estimate of drug-likeness (QED) is 0.749. The third-order valence-electron chi connectivity index (χ3n) is 7.22. The Labute approximate surface area is 144 Å². The zero-order valence-corrected chi connectivity index (χ0v) is 14.1. The van der Waals surface area contributed by atoms with Crippen LogP contribution in [0.15, 0.2) is 60.7 Å². The molecule has 0 heterocycles. The molecule has 0 amide bonds. The van der Waals surface area contributed by atoms with Gasteiger partial charge in [-0.05, 0) is 36.3 Å². The minimum atomic E-state index is -0.403. The molecule has 1 spiro atoms. The number of ketones is 1. The number of carbonyl (C=O) groups excluding carboxylic acids is 1.